The Hall–Kier alpha value is -1.02. The molecule has 0 aromatic heterocycles. The van der Waals surface area contributed by atoms with E-state index < -0.39 is 0 Å². The molecule has 1 aromatic rings. The third-order valence-electron chi connectivity index (χ3n) is 3.87. The van der Waals surface area contributed by atoms with E-state index in [4.69, 9.17) is 5.73 Å². The number of rotatable bonds is 1. The summed E-state index contributed by atoms with van der Waals surface area (Å²) >= 11 is 0. The highest BCUT2D eigenvalue weighted by Gasteiger charge is 2.33. The van der Waals surface area contributed by atoms with Crippen LogP contribution >= 0.6 is 0 Å². The summed E-state index contributed by atoms with van der Waals surface area (Å²) in [4.78, 5) is 2.53. The molecule has 0 amide bonds. The summed E-state index contributed by atoms with van der Waals surface area (Å²) in [5.41, 5.74) is 10.3. The lowest BCUT2D eigenvalue weighted by atomic mass is 9.86. The minimum atomic E-state index is 0.163. The van der Waals surface area contributed by atoms with Crippen LogP contribution in [0.3, 0.4) is 0 Å². The lowest BCUT2D eigenvalue weighted by Gasteiger charge is -2.47. The Morgan fingerprint density at radius 3 is 2.65 bits per heavy atom. The van der Waals surface area contributed by atoms with Crippen LogP contribution in [0.25, 0.3) is 0 Å². The van der Waals surface area contributed by atoms with Crippen molar-refractivity contribution in [2.75, 3.05) is 11.4 Å². The molecule has 1 fully saturated rings. The van der Waals surface area contributed by atoms with E-state index in [1.165, 1.54) is 16.8 Å². The first-order valence-corrected chi connectivity index (χ1v) is 6.50. The molecule has 17 heavy (non-hydrogen) atoms. The molecule has 2 N–H and O–H groups in total. The van der Waals surface area contributed by atoms with Crippen LogP contribution in [-0.4, -0.2) is 18.1 Å². The van der Waals surface area contributed by atoms with Gasteiger partial charge in [0.05, 0.1) is 0 Å². The van der Waals surface area contributed by atoms with Crippen molar-refractivity contribution in [1.29, 1.82) is 0 Å². The highest BCUT2D eigenvalue weighted by molar-refractivity contribution is 5.57. The Morgan fingerprint density at radius 2 is 2.00 bits per heavy atom. The number of aryl methyl sites for hydroxylation is 2. The molecular formula is C15H24N2. The van der Waals surface area contributed by atoms with Crippen molar-refractivity contribution in [3.8, 4) is 0 Å². The highest BCUT2D eigenvalue weighted by atomic mass is 15.2. The predicted octanol–water partition coefficient (Wildman–Crippen LogP) is 3.01. The van der Waals surface area contributed by atoms with Crippen LogP contribution in [0.1, 0.15) is 37.8 Å². The van der Waals surface area contributed by atoms with Crippen molar-refractivity contribution >= 4 is 5.69 Å². The molecule has 0 bridgehead atoms. The fourth-order valence-corrected chi connectivity index (χ4v) is 2.91. The zero-order valence-corrected chi connectivity index (χ0v) is 11.5. The minimum absolute atomic E-state index is 0.163. The lowest BCUT2D eigenvalue weighted by Crippen LogP contribution is -2.54. The van der Waals surface area contributed by atoms with Crippen LogP contribution in [-0.2, 0) is 0 Å². The van der Waals surface area contributed by atoms with Crippen molar-refractivity contribution in [1.82, 2.24) is 0 Å². The largest absolute Gasteiger partial charge is 0.366 e. The average Bonchev–Trinajstić information content (AvgIpc) is 2.21. The molecule has 0 spiro atoms. The van der Waals surface area contributed by atoms with E-state index in [9.17, 15) is 0 Å². The Morgan fingerprint density at radius 1 is 1.29 bits per heavy atom. The minimum Gasteiger partial charge on any atom is -0.366 e. The Labute approximate surface area is 105 Å². The number of anilines is 1. The average molecular weight is 232 g/mol. The van der Waals surface area contributed by atoms with Crippen molar-refractivity contribution in [2.45, 2.75) is 52.1 Å². The molecule has 0 radical (unpaired) electrons. The summed E-state index contributed by atoms with van der Waals surface area (Å²) < 4.78 is 0. The van der Waals surface area contributed by atoms with Crippen molar-refractivity contribution in [3.63, 3.8) is 0 Å². The summed E-state index contributed by atoms with van der Waals surface area (Å²) in [5, 5.41) is 0. The summed E-state index contributed by atoms with van der Waals surface area (Å²) in [6.07, 6.45) is 2.16. The molecule has 1 aliphatic heterocycles. The Kier molecular flexibility index (Phi) is 3.17. The van der Waals surface area contributed by atoms with Crippen LogP contribution in [0.5, 0.6) is 0 Å². The normalized spacial score (nSPS) is 23.8. The summed E-state index contributed by atoms with van der Waals surface area (Å²) in [7, 11) is 0. The number of nitrogens with two attached hydrogens (primary N) is 1. The van der Waals surface area contributed by atoms with E-state index in [-0.39, 0.29) is 5.54 Å². The maximum atomic E-state index is 6.09. The van der Waals surface area contributed by atoms with Crippen LogP contribution < -0.4 is 10.6 Å². The van der Waals surface area contributed by atoms with Gasteiger partial charge >= 0.3 is 0 Å². The van der Waals surface area contributed by atoms with Gasteiger partial charge in [0.25, 0.3) is 0 Å². The molecule has 1 heterocycles. The van der Waals surface area contributed by atoms with E-state index in [2.05, 4.69) is 50.8 Å². The topological polar surface area (TPSA) is 29.3 Å². The molecule has 1 aliphatic rings. The second-order valence-electron chi connectivity index (χ2n) is 6.01. The standard InChI is InChI=1S/C15H24N2/c1-11-5-6-12(2)14(9-11)17-8-7-13(16)10-15(17,3)4/h5-6,9,13H,7-8,10,16H2,1-4H3. The van der Waals surface area contributed by atoms with Gasteiger partial charge in [-0.2, -0.15) is 0 Å². The predicted molar refractivity (Wildman–Crippen MR) is 74.6 cm³/mol. The third-order valence-corrected chi connectivity index (χ3v) is 3.87. The molecule has 94 valence electrons. The van der Waals surface area contributed by atoms with E-state index in [1.807, 2.05) is 0 Å². The molecule has 1 atom stereocenters. The van der Waals surface area contributed by atoms with Crippen molar-refractivity contribution in [3.05, 3.63) is 29.3 Å². The first-order chi connectivity index (χ1) is 7.90. The lowest BCUT2D eigenvalue weighted by molar-refractivity contribution is 0.327. The number of hydrogen-bond donors (Lipinski definition) is 1. The summed E-state index contributed by atoms with van der Waals surface area (Å²) in [5.74, 6) is 0. The zero-order chi connectivity index (χ0) is 12.6. The van der Waals surface area contributed by atoms with Crippen LogP contribution in [0, 0.1) is 13.8 Å². The molecule has 1 unspecified atom stereocenters. The summed E-state index contributed by atoms with van der Waals surface area (Å²) in [6.45, 7) is 10.0. The van der Waals surface area contributed by atoms with Gasteiger partial charge in [-0.1, -0.05) is 12.1 Å². The van der Waals surface area contributed by atoms with E-state index in [0.29, 0.717) is 6.04 Å². The van der Waals surface area contributed by atoms with Gasteiger partial charge in [-0.15, -0.1) is 0 Å². The quantitative estimate of drug-likeness (QED) is 0.806. The van der Waals surface area contributed by atoms with E-state index in [1.54, 1.807) is 0 Å². The summed E-state index contributed by atoms with van der Waals surface area (Å²) in [6, 6.07) is 7.05. The maximum Gasteiger partial charge on any atom is 0.0403 e. The van der Waals surface area contributed by atoms with E-state index >= 15 is 0 Å². The molecule has 1 saturated heterocycles. The molecular weight excluding hydrogens is 208 g/mol. The van der Waals surface area contributed by atoms with Gasteiger partial charge in [0, 0.05) is 23.8 Å². The Balaban J connectivity index is 2.35. The molecule has 2 rings (SSSR count). The third kappa shape index (κ3) is 2.47. The number of nitrogens with zero attached hydrogens (tertiary/aromatic N) is 1. The number of benzene rings is 1. The maximum absolute atomic E-state index is 6.09. The van der Waals surface area contributed by atoms with Gasteiger partial charge in [-0.25, -0.2) is 0 Å². The molecule has 1 aromatic carbocycles. The van der Waals surface area contributed by atoms with Crippen molar-refractivity contribution in [2.24, 2.45) is 5.73 Å². The first-order valence-electron chi connectivity index (χ1n) is 6.50. The molecule has 0 saturated carbocycles. The van der Waals surface area contributed by atoms with Gasteiger partial charge in [0.1, 0.15) is 0 Å². The Bertz CT molecular complexity index is 409. The van der Waals surface area contributed by atoms with Gasteiger partial charge in [-0.05, 0) is 57.7 Å². The van der Waals surface area contributed by atoms with Gasteiger partial charge in [0.15, 0.2) is 0 Å². The fraction of sp³-hybridized carbons (Fsp3) is 0.600. The van der Waals surface area contributed by atoms with Gasteiger partial charge in [0.2, 0.25) is 0 Å². The molecule has 0 aliphatic carbocycles. The van der Waals surface area contributed by atoms with E-state index in [0.717, 1.165) is 19.4 Å². The smallest absolute Gasteiger partial charge is 0.0403 e. The highest BCUT2D eigenvalue weighted by Crippen LogP contribution is 2.34. The van der Waals surface area contributed by atoms with Crippen LogP contribution in [0.2, 0.25) is 0 Å². The van der Waals surface area contributed by atoms with Crippen LogP contribution in [0.4, 0.5) is 5.69 Å². The van der Waals surface area contributed by atoms with Gasteiger partial charge in [-0.3, -0.25) is 0 Å². The molecule has 2 nitrogen and oxygen atoms in total. The number of piperidine rings is 1. The second-order valence-corrected chi connectivity index (χ2v) is 6.01. The number of hydrogen-bond acceptors (Lipinski definition) is 2. The molecule has 2 heteroatoms. The SMILES string of the molecule is Cc1ccc(C)c(N2CCC(N)CC2(C)C)c1. The monoisotopic (exact) mass is 232 g/mol. The fourth-order valence-electron chi connectivity index (χ4n) is 2.91. The van der Waals surface area contributed by atoms with Crippen LogP contribution in [0.15, 0.2) is 18.2 Å². The first kappa shape index (κ1) is 12.4. The second kappa shape index (κ2) is 4.34. The van der Waals surface area contributed by atoms with Crippen molar-refractivity contribution < 1.29 is 0 Å². The van der Waals surface area contributed by atoms with Gasteiger partial charge < -0.3 is 10.6 Å². The zero-order valence-electron chi connectivity index (χ0n) is 11.5.